The molecule has 6 heteroatoms. The third-order valence-corrected chi connectivity index (χ3v) is 3.08. The lowest BCUT2D eigenvalue weighted by Gasteiger charge is -2.25. The van der Waals surface area contributed by atoms with Gasteiger partial charge in [-0.3, -0.25) is 0 Å². The summed E-state index contributed by atoms with van der Waals surface area (Å²) < 4.78 is 0.607. The van der Waals surface area contributed by atoms with Gasteiger partial charge in [-0.05, 0) is 39.0 Å². The summed E-state index contributed by atoms with van der Waals surface area (Å²) in [7, 11) is 0. The van der Waals surface area contributed by atoms with E-state index >= 15 is 0 Å². The number of hydrogen-bond acceptors (Lipinski definition) is 2. The number of halogens is 1. The molecule has 0 aromatic heterocycles. The Kier molecular flexibility index (Phi) is 5.35. The van der Waals surface area contributed by atoms with Gasteiger partial charge in [-0.2, -0.15) is 0 Å². The summed E-state index contributed by atoms with van der Waals surface area (Å²) in [6.07, 6.45) is 0. The number of carbonyl (C=O) groups excluding carboxylic acids is 1. The number of carbonyl (C=O) groups is 2. The van der Waals surface area contributed by atoms with E-state index in [-0.39, 0.29) is 17.6 Å². The van der Waals surface area contributed by atoms with E-state index in [4.69, 9.17) is 5.11 Å². The molecule has 5 nitrogen and oxygen atoms in total. The largest absolute Gasteiger partial charge is 0.478 e. The van der Waals surface area contributed by atoms with E-state index < -0.39 is 5.97 Å². The van der Waals surface area contributed by atoms with Gasteiger partial charge in [0.1, 0.15) is 0 Å². The Hall–Kier alpha value is -1.56. The van der Waals surface area contributed by atoms with Gasteiger partial charge in [-0.25, -0.2) is 9.59 Å². The van der Waals surface area contributed by atoms with Crippen LogP contribution in [0.2, 0.25) is 0 Å². The Morgan fingerprint density at radius 1 is 1.37 bits per heavy atom. The highest BCUT2D eigenvalue weighted by atomic mass is 79.9. The van der Waals surface area contributed by atoms with Gasteiger partial charge in [0.15, 0.2) is 0 Å². The Morgan fingerprint density at radius 2 is 2.00 bits per heavy atom. The van der Waals surface area contributed by atoms with Crippen LogP contribution in [0.1, 0.15) is 31.1 Å². The second-order valence-electron chi connectivity index (χ2n) is 4.34. The van der Waals surface area contributed by atoms with Crippen molar-refractivity contribution in [3.63, 3.8) is 0 Å². The minimum absolute atomic E-state index is 0.0797. The lowest BCUT2D eigenvalue weighted by Crippen LogP contribution is -2.39. The van der Waals surface area contributed by atoms with Crippen molar-refractivity contribution in [1.29, 1.82) is 0 Å². The number of benzene rings is 1. The Balaban J connectivity index is 2.93. The van der Waals surface area contributed by atoms with Crippen molar-refractivity contribution in [3.05, 3.63) is 28.2 Å². The van der Waals surface area contributed by atoms with Gasteiger partial charge < -0.3 is 15.3 Å². The van der Waals surface area contributed by atoms with Gasteiger partial charge in [0.25, 0.3) is 0 Å². The van der Waals surface area contributed by atoms with Crippen molar-refractivity contribution >= 4 is 33.6 Å². The normalized spacial score (nSPS) is 10.4. The molecule has 0 bridgehead atoms. The smallest absolute Gasteiger partial charge is 0.335 e. The van der Waals surface area contributed by atoms with E-state index in [1.54, 1.807) is 11.0 Å². The quantitative estimate of drug-likeness (QED) is 0.889. The van der Waals surface area contributed by atoms with E-state index in [0.29, 0.717) is 16.7 Å². The fraction of sp³-hybridized carbons (Fsp3) is 0.385. The summed E-state index contributed by atoms with van der Waals surface area (Å²) >= 11 is 3.23. The lowest BCUT2D eigenvalue weighted by atomic mass is 10.2. The number of carboxylic acid groups (broad SMARTS) is 1. The number of anilines is 1. The SMILES string of the molecule is CCN(C(=O)Nc1cc(Br)cc(C(=O)O)c1)C(C)C. The van der Waals surface area contributed by atoms with Crippen molar-refractivity contribution in [2.75, 3.05) is 11.9 Å². The van der Waals surface area contributed by atoms with E-state index in [9.17, 15) is 9.59 Å². The van der Waals surface area contributed by atoms with Crippen molar-refractivity contribution in [1.82, 2.24) is 4.90 Å². The molecule has 2 N–H and O–H groups in total. The zero-order chi connectivity index (χ0) is 14.6. The number of urea groups is 1. The average molecular weight is 329 g/mol. The minimum atomic E-state index is -1.03. The summed E-state index contributed by atoms with van der Waals surface area (Å²) in [4.78, 5) is 24.6. The number of nitrogens with one attached hydrogen (secondary N) is 1. The zero-order valence-corrected chi connectivity index (χ0v) is 12.7. The number of aromatic carboxylic acids is 1. The lowest BCUT2D eigenvalue weighted by molar-refractivity contribution is 0.0696. The molecule has 2 amide bonds. The summed E-state index contributed by atoms with van der Waals surface area (Å²) in [5.74, 6) is -1.03. The van der Waals surface area contributed by atoms with Gasteiger partial charge in [0.2, 0.25) is 0 Å². The summed E-state index contributed by atoms with van der Waals surface area (Å²) in [6, 6.07) is 4.42. The molecule has 0 aliphatic rings. The summed E-state index contributed by atoms with van der Waals surface area (Å²) in [5, 5.41) is 11.7. The van der Waals surface area contributed by atoms with Crippen molar-refractivity contribution in [3.8, 4) is 0 Å². The summed E-state index contributed by atoms with van der Waals surface area (Å²) in [6.45, 7) is 6.33. The highest BCUT2D eigenvalue weighted by Crippen LogP contribution is 2.20. The predicted molar refractivity (Wildman–Crippen MR) is 77.6 cm³/mol. The fourth-order valence-electron chi connectivity index (χ4n) is 1.72. The first-order valence-corrected chi connectivity index (χ1v) is 6.76. The molecule has 1 aromatic rings. The van der Waals surface area contributed by atoms with Crippen LogP contribution in [0, 0.1) is 0 Å². The standard InChI is InChI=1S/C13H17BrN2O3/c1-4-16(8(2)3)13(19)15-11-6-9(12(17)18)5-10(14)7-11/h5-8H,4H2,1-3H3,(H,15,19)(H,17,18). The molecule has 0 saturated heterocycles. The molecular formula is C13H17BrN2O3. The molecular weight excluding hydrogens is 312 g/mol. The molecule has 1 rings (SSSR count). The van der Waals surface area contributed by atoms with Crippen LogP contribution >= 0.6 is 15.9 Å². The predicted octanol–water partition coefficient (Wildman–Crippen LogP) is 3.41. The van der Waals surface area contributed by atoms with Crippen molar-refractivity contribution in [2.24, 2.45) is 0 Å². The zero-order valence-electron chi connectivity index (χ0n) is 11.1. The number of carboxylic acids is 1. The molecule has 104 valence electrons. The molecule has 0 aliphatic heterocycles. The van der Waals surface area contributed by atoms with E-state index in [1.807, 2.05) is 20.8 Å². The van der Waals surface area contributed by atoms with Crippen LogP contribution in [0.15, 0.2) is 22.7 Å². The van der Waals surface area contributed by atoms with Crippen molar-refractivity contribution in [2.45, 2.75) is 26.8 Å². The van der Waals surface area contributed by atoms with Crippen LogP contribution in [-0.4, -0.2) is 34.6 Å². The maximum Gasteiger partial charge on any atom is 0.335 e. The first kappa shape index (κ1) is 15.5. The molecule has 1 aromatic carbocycles. The maximum absolute atomic E-state index is 12.0. The number of amides is 2. The van der Waals surface area contributed by atoms with E-state index in [1.165, 1.54) is 12.1 Å². The molecule has 0 atom stereocenters. The highest BCUT2D eigenvalue weighted by Gasteiger charge is 2.15. The van der Waals surface area contributed by atoms with Crippen LogP contribution in [0.4, 0.5) is 10.5 Å². The topological polar surface area (TPSA) is 69.6 Å². The fourth-order valence-corrected chi connectivity index (χ4v) is 2.22. The monoisotopic (exact) mass is 328 g/mol. The first-order valence-electron chi connectivity index (χ1n) is 5.96. The first-order chi connectivity index (χ1) is 8.85. The Bertz CT molecular complexity index is 489. The number of nitrogens with zero attached hydrogens (tertiary/aromatic N) is 1. The van der Waals surface area contributed by atoms with Crippen LogP contribution in [0.3, 0.4) is 0 Å². The van der Waals surface area contributed by atoms with Crippen molar-refractivity contribution < 1.29 is 14.7 Å². The molecule has 19 heavy (non-hydrogen) atoms. The van der Waals surface area contributed by atoms with E-state index in [0.717, 1.165) is 0 Å². The minimum Gasteiger partial charge on any atom is -0.478 e. The third-order valence-electron chi connectivity index (χ3n) is 2.62. The molecule has 0 fully saturated rings. The molecule has 0 spiro atoms. The van der Waals surface area contributed by atoms with Crippen LogP contribution in [-0.2, 0) is 0 Å². The molecule has 0 saturated carbocycles. The summed E-state index contributed by atoms with van der Waals surface area (Å²) in [5.41, 5.74) is 0.577. The molecule has 0 radical (unpaired) electrons. The van der Waals surface area contributed by atoms with Crippen LogP contribution < -0.4 is 5.32 Å². The molecule has 0 aliphatic carbocycles. The van der Waals surface area contributed by atoms with Gasteiger partial charge >= 0.3 is 12.0 Å². The van der Waals surface area contributed by atoms with Crippen LogP contribution in [0.5, 0.6) is 0 Å². The van der Waals surface area contributed by atoms with Gasteiger partial charge in [-0.1, -0.05) is 15.9 Å². The van der Waals surface area contributed by atoms with Gasteiger partial charge in [-0.15, -0.1) is 0 Å². The number of rotatable bonds is 4. The van der Waals surface area contributed by atoms with E-state index in [2.05, 4.69) is 21.2 Å². The highest BCUT2D eigenvalue weighted by molar-refractivity contribution is 9.10. The second-order valence-corrected chi connectivity index (χ2v) is 5.26. The Labute approximate surface area is 120 Å². The van der Waals surface area contributed by atoms with Gasteiger partial charge in [0.05, 0.1) is 5.56 Å². The molecule has 0 heterocycles. The number of hydrogen-bond donors (Lipinski definition) is 2. The second kappa shape index (κ2) is 6.56. The molecule has 0 unspecified atom stereocenters. The average Bonchev–Trinajstić information content (AvgIpc) is 2.28. The van der Waals surface area contributed by atoms with Crippen LogP contribution in [0.25, 0.3) is 0 Å². The van der Waals surface area contributed by atoms with Gasteiger partial charge in [0, 0.05) is 22.7 Å². The Morgan fingerprint density at radius 3 is 2.47 bits per heavy atom. The third kappa shape index (κ3) is 4.24. The maximum atomic E-state index is 12.0.